The van der Waals surface area contributed by atoms with Crippen LogP contribution in [-0.4, -0.2) is 9.55 Å². The molecule has 0 N–H and O–H groups in total. The molecular formula is C25H23ClN2OS2. The van der Waals surface area contributed by atoms with Gasteiger partial charge in [0.2, 0.25) is 0 Å². The Balaban J connectivity index is 1.47. The van der Waals surface area contributed by atoms with Crippen LogP contribution >= 0.6 is 34.7 Å². The van der Waals surface area contributed by atoms with E-state index in [0.717, 1.165) is 40.7 Å². The van der Waals surface area contributed by atoms with E-state index in [4.69, 9.17) is 16.6 Å². The van der Waals surface area contributed by atoms with Gasteiger partial charge < -0.3 is 0 Å². The van der Waals surface area contributed by atoms with E-state index in [1.807, 2.05) is 41.0 Å². The van der Waals surface area contributed by atoms with Crippen LogP contribution in [0.25, 0.3) is 21.0 Å². The lowest BCUT2D eigenvalue weighted by atomic mass is 9.97. The first-order chi connectivity index (χ1) is 15.2. The molecular weight excluding hydrogens is 444 g/mol. The fraction of sp³-hybridized carbons (Fsp3) is 0.280. The lowest BCUT2D eigenvalue weighted by Crippen LogP contribution is -2.23. The number of rotatable bonds is 6. The largest absolute Gasteiger partial charge is 0.287 e. The summed E-state index contributed by atoms with van der Waals surface area (Å²) in [6, 6.07) is 13.7. The summed E-state index contributed by atoms with van der Waals surface area (Å²) >= 11 is 9.59. The number of halogens is 1. The SMILES string of the molecule is O=c1c2ccccc2nc(SCc2csc3ccc(Cl)cc23)n1CCC1=CCCCC1. The molecule has 5 rings (SSSR count). The standard InChI is InChI=1S/C25H23ClN2OS2/c26-19-10-11-23-21(14-19)18(15-30-23)16-31-25-27-22-9-5-4-8-20(22)24(29)28(25)13-12-17-6-2-1-3-7-17/h4-6,8-11,14-15H,1-3,7,12-13,16H2. The Bertz CT molecular complexity index is 1340. The molecule has 0 radical (unpaired) electrons. The van der Waals surface area contributed by atoms with Gasteiger partial charge in [-0.25, -0.2) is 4.98 Å². The lowest BCUT2D eigenvalue weighted by Gasteiger charge is -2.16. The van der Waals surface area contributed by atoms with Crippen LogP contribution in [0.4, 0.5) is 0 Å². The maximum Gasteiger partial charge on any atom is 0.262 e. The molecule has 0 fully saturated rings. The minimum Gasteiger partial charge on any atom is -0.287 e. The fourth-order valence-electron chi connectivity index (χ4n) is 4.15. The molecule has 0 saturated heterocycles. The molecule has 0 unspecified atom stereocenters. The molecule has 1 aliphatic carbocycles. The molecule has 2 heterocycles. The van der Waals surface area contributed by atoms with Crippen molar-refractivity contribution in [1.82, 2.24) is 9.55 Å². The van der Waals surface area contributed by atoms with E-state index in [-0.39, 0.29) is 5.56 Å². The van der Waals surface area contributed by atoms with Gasteiger partial charge in [-0.15, -0.1) is 11.3 Å². The summed E-state index contributed by atoms with van der Waals surface area (Å²) in [5, 5.41) is 5.61. The molecule has 0 bridgehead atoms. The molecule has 4 aromatic rings. The van der Waals surface area contributed by atoms with E-state index in [2.05, 4.69) is 17.5 Å². The Morgan fingerprint density at radius 2 is 2.03 bits per heavy atom. The van der Waals surface area contributed by atoms with Crippen LogP contribution in [0, 0.1) is 0 Å². The summed E-state index contributed by atoms with van der Waals surface area (Å²) < 4.78 is 3.11. The van der Waals surface area contributed by atoms with Gasteiger partial charge in [0.25, 0.3) is 5.56 Å². The smallest absolute Gasteiger partial charge is 0.262 e. The molecule has 2 aromatic carbocycles. The summed E-state index contributed by atoms with van der Waals surface area (Å²) in [5.41, 5.74) is 3.53. The summed E-state index contributed by atoms with van der Waals surface area (Å²) in [6.07, 6.45) is 8.13. The molecule has 0 atom stereocenters. The molecule has 31 heavy (non-hydrogen) atoms. The predicted octanol–water partition coefficient (Wildman–Crippen LogP) is 7.45. The highest BCUT2D eigenvalue weighted by molar-refractivity contribution is 7.98. The van der Waals surface area contributed by atoms with Gasteiger partial charge in [-0.05, 0) is 78.8 Å². The van der Waals surface area contributed by atoms with Gasteiger partial charge in [0, 0.05) is 22.0 Å². The van der Waals surface area contributed by atoms with Crippen LogP contribution in [0.1, 0.15) is 37.7 Å². The van der Waals surface area contributed by atoms with Gasteiger partial charge in [-0.1, -0.05) is 47.1 Å². The van der Waals surface area contributed by atoms with Crippen LogP contribution in [-0.2, 0) is 12.3 Å². The van der Waals surface area contributed by atoms with E-state index in [0.29, 0.717) is 11.9 Å². The van der Waals surface area contributed by atoms with Crippen LogP contribution in [0.3, 0.4) is 0 Å². The first kappa shape index (κ1) is 20.8. The van der Waals surface area contributed by atoms with Crippen molar-refractivity contribution in [1.29, 1.82) is 0 Å². The molecule has 0 saturated carbocycles. The average molecular weight is 467 g/mol. The van der Waals surface area contributed by atoms with Crippen molar-refractivity contribution >= 4 is 55.7 Å². The topological polar surface area (TPSA) is 34.9 Å². The first-order valence-electron chi connectivity index (χ1n) is 10.6. The molecule has 1 aliphatic rings. The van der Waals surface area contributed by atoms with Crippen molar-refractivity contribution in [3.8, 4) is 0 Å². The van der Waals surface area contributed by atoms with E-state index in [1.54, 1.807) is 23.1 Å². The van der Waals surface area contributed by atoms with Crippen LogP contribution in [0.5, 0.6) is 0 Å². The van der Waals surface area contributed by atoms with Gasteiger partial charge >= 0.3 is 0 Å². The normalized spacial score (nSPS) is 14.3. The molecule has 6 heteroatoms. The quantitative estimate of drug-likeness (QED) is 0.168. The minimum absolute atomic E-state index is 0.0581. The second-order valence-corrected chi connectivity index (χ2v) is 10.2. The number of benzene rings is 2. The summed E-state index contributed by atoms with van der Waals surface area (Å²) in [5.74, 6) is 0.758. The Hall–Kier alpha value is -2.08. The lowest BCUT2D eigenvalue weighted by molar-refractivity contribution is 0.569. The third-order valence-electron chi connectivity index (χ3n) is 5.84. The zero-order valence-electron chi connectivity index (χ0n) is 17.1. The molecule has 0 amide bonds. The predicted molar refractivity (Wildman–Crippen MR) is 134 cm³/mol. The molecule has 158 valence electrons. The zero-order chi connectivity index (χ0) is 21.2. The molecule has 3 nitrogen and oxygen atoms in total. The molecule has 0 aliphatic heterocycles. The van der Waals surface area contributed by atoms with E-state index in [9.17, 15) is 4.79 Å². The van der Waals surface area contributed by atoms with Crippen LogP contribution in [0.2, 0.25) is 5.02 Å². The third kappa shape index (κ3) is 4.45. The fourth-order valence-corrected chi connectivity index (χ4v) is 6.39. The summed E-state index contributed by atoms with van der Waals surface area (Å²) in [7, 11) is 0. The highest BCUT2D eigenvalue weighted by atomic mass is 35.5. The van der Waals surface area contributed by atoms with E-state index >= 15 is 0 Å². The van der Waals surface area contributed by atoms with Crippen molar-refractivity contribution < 1.29 is 0 Å². The van der Waals surface area contributed by atoms with Crippen molar-refractivity contribution in [2.24, 2.45) is 0 Å². The second kappa shape index (κ2) is 9.19. The molecule has 2 aromatic heterocycles. The Labute approximate surface area is 194 Å². The third-order valence-corrected chi connectivity index (χ3v) is 8.11. The Kier molecular flexibility index (Phi) is 6.17. The monoisotopic (exact) mass is 466 g/mol. The number of thiophene rings is 1. The van der Waals surface area contributed by atoms with Gasteiger partial charge in [-0.3, -0.25) is 9.36 Å². The van der Waals surface area contributed by atoms with E-state index < -0.39 is 0 Å². The van der Waals surface area contributed by atoms with Gasteiger partial charge in [0.1, 0.15) is 0 Å². The van der Waals surface area contributed by atoms with Crippen LogP contribution < -0.4 is 5.56 Å². The van der Waals surface area contributed by atoms with Crippen molar-refractivity contribution in [2.45, 2.75) is 49.6 Å². The number of nitrogens with zero attached hydrogens (tertiary/aromatic N) is 2. The van der Waals surface area contributed by atoms with Crippen molar-refractivity contribution in [3.63, 3.8) is 0 Å². The maximum atomic E-state index is 13.3. The maximum absolute atomic E-state index is 13.3. The highest BCUT2D eigenvalue weighted by Gasteiger charge is 2.14. The summed E-state index contributed by atoms with van der Waals surface area (Å²) in [6.45, 7) is 0.682. The van der Waals surface area contributed by atoms with Crippen LogP contribution in [0.15, 0.2) is 69.4 Å². The van der Waals surface area contributed by atoms with Crippen molar-refractivity contribution in [3.05, 3.63) is 80.4 Å². The highest BCUT2D eigenvalue weighted by Crippen LogP contribution is 2.33. The Morgan fingerprint density at radius 3 is 2.90 bits per heavy atom. The van der Waals surface area contributed by atoms with Gasteiger partial charge in [-0.2, -0.15) is 0 Å². The van der Waals surface area contributed by atoms with E-state index in [1.165, 1.54) is 34.1 Å². The summed E-state index contributed by atoms with van der Waals surface area (Å²) in [4.78, 5) is 18.2. The number of hydrogen-bond acceptors (Lipinski definition) is 4. The minimum atomic E-state index is 0.0581. The second-order valence-electron chi connectivity index (χ2n) is 7.92. The average Bonchev–Trinajstić information content (AvgIpc) is 3.20. The number of allylic oxidation sites excluding steroid dienone is 2. The zero-order valence-corrected chi connectivity index (χ0v) is 19.5. The number of hydrogen-bond donors (Lipinski definition) is 0. The number of aromatic nitrogens is 2. The number of thioether (sulfide) groups is 1. The number of fused-ring (bicyclic) bond motifs is 2. The van der Waals surface area contributed by atoms with Gasteiger partial charge in [0.05, 0.1) is 10.9 Å². The number of para-hydroxylation sites is 1. The van der Waals surface area contributed by atoms with Crippen molar-refractivity contribution in [2.75, 3.05) is 0 Å². The Morgan fingerprint density at radius 1 is 1.13 bits per heavy atom. The molecule has 0 spiro atoms. The van der Waals surface area contributed by atoms with Gasteiger partial charge in [0.15, 0.2) is 5.16 Å². The first-order valence-corrected chi connectivity index (χ1v) is 12.9.